The zero-order valence-corrected chi connectivity index (χ0v) is 8.87. The number of anilines is 1. The summed E-state index contributed by atoms with van der Waals surface area (Å²) in [4.78, 5) is 15.4. The minimum Gasteiger partial charge on any atom is -0.320 e. The number of carbonyl (C=O) groups is 1. The molecule has 1 heterocycles. The molecule has 0 radical (unpaired) electrons. The summed E-state index contributed by atoms with van der Waals surface area (Å²) in [5.74, 6) is 0.0941. The molecule has 15 heavy (non-hydrogen) atoms. The fraction of sp³-hybridized carbons (Fsp3) is 0.200. The van der Waals surface area contributed by atoms with Crippen LogP contribution in [0.5, 0.6) is 0 Å². The van der Waals surface area contributed by atoms with Gasteiger partial charge in [0.15, 0.2) is 0 Å². The first-order valence-electron chi connectivity index (χ1n) is 4.42. The van der Waals surface area contributed by atoms with Crippen LogP contribution in [0.1, 0.15) is 6.42 Å². The Morgan fingerprint density at radius 1 is 1.80 bits per heavy atom. The Morgan fingerprint density at radius 3 is 3.13 bits per heavy atom. The Hall–Kier alpha value is -1.39. The Kier molecular flexibility index (Phi) is 4.27. The van der Waals surface area contributed by atoms with Gasteiger partial charge in [-0.3, -0.25) is 4.79 Å². The molecule has 1 unspecified atom stereocenters. The van der Waals surface area contributed by atoms with Crippen molar-refractivity contribution in [3.05, 3.63) is 36.0 Å². The highest BCUT2D eigenvalue weighted by Crippen LogP contribution is 2.11. The molecule has 0 aliphatic heterocycles. The predicted molar refractivity (Wildman–Crippen MR) is 60.7 cm³/mol. The van der Waals surface area contributed by atoms with Crippen molar-refractivity contribution in [2.75, 3.05) is 5.32 Å². The summed E-state index contributed by atoms with van der Waals surface area (Å²) in [6.45, 7) is 3.51. The molecule has 0 fully saturated rings. The van der Waals surface area contributed by atoms with Crippen molar-refractivity contribution in [1.82, 2.24) is 4.98 Å². The summed E-state index contributed by atoms with van der Waals surface area (Å²) in [7, 11) is 0. The molecule has 4 nitrogen and oxygen atoms in total. The number of rotatable bonds is 4. The van der Waals surface area contributed by atoms with E-state index in [9.17, 15) is 4.79 Å². The van der Waals surface area contributed by atoms with E-state index in [1.807, 2.05) is 0 Å². The second kappa shape index (κ2) is 5.48. The maximum atomic E-state index is 11.4. The van der Waals surface area contributed by atoms with Gasteiger partial charge in [0.05, 0.1) is 6.04 Å². The van der Waals surface area contributed by atoms with Crippen LogP contribution in [0.15, 0.2) is 31.0 Å². The van der Waals surface area contributed by atoms with Crippen LogP contribution in [0.3, 0.4) is 0 Å². The van der Waals surface area contributed by atoms with Crippen LogP contribution in [0.25, 0.3) is 0 Å². The predicted octanol–water partition coefficient (Wildman–Crippen LogP) is 1.58. The third kappa shape index (κ3) is 3.69. The number of halogens is 1. The molecule has 1 amide bonds. The molecular weight excluding hydrogens is 214 g/mol. The van der Waals surface area contributed by atoms with E-state index in [-0.39, 0.29) is 5.91 Å². The number of amides is 1. The molecule has 0 aliphatic rings. The number of hydrogen-bond donors (Lipinski definition) is 2. The summed E-state index contributed by atoms with van der Waals surface area (Å²) in [5.41, 5.74) is 5.57. The minimum absolute atomic E-state index is 0.301. The molecule has 0 saturated heterocycles. The molecule has 80 valence electrons. The van der Waals surface area contributed by atoms with E-state index in [4.69, 9.17) is 17.3 Å². The molecule has 1 aromatic heterocycles. The summed E-state index contributed by atoms with van der Waals surface area (Å²) < 4.78 is 0. The Bertz CT molecular complexity index is 367. The molecule has 0 spiro atoms. The van der Waals surface area contributed by atoms with Gasteiger partial charge in [-0.05, 0) is 18.6 Å². The average Bonchev–Trinajstić information content (AvgIpc) is 2.18. The smallest absolute Gasteiger partial charge is 0.242 e. The van der Waals surface area contributed by atoms with Crippen molar-refractivity contribution in [2.45, 2.75) is 12.5 Å². The maximum Gasteiger partial charge on any atom is 0.242 e. The zero-order chi connectivity index (χ0) is 11.3. The monoisotopic (exact) mass is 225 g/mol. The molecule has 1 aromatic rings. The van der Waals surface area contributed by atoms with Crippen LogP contribution in [0.2, 0.25) is 5.02 Å². The standard InChI is InChI=1S/C10H12ClN3O/c1-2-3-8(12)10(15)14-9-6-7(11)4-5-13-9/h2,4-6,8H,1,3,12H2,(H,13,14,15). The van der Waals surface area contributed by atoms with Gasteiger partial charge >= 0.3 is 0 Å². The van der Waals surface area contributed by atoms with Crippen LogP contribution < -0.4 is 11.1 Å². The molecule has 3 N–H and O–H groups in total. The molecular formula is C10H12ClN3O. The lowest BCUT2D eigenvalue weighted by Gasteiger charge is -2.09. The van der Waals surface area contributed by atoms with Crippen molar-refractivity contribution in [1.29, 1.82) is 0 Å². The Balaban J connectivity index is 2.62. The summed E-state index contributed by atoms with van der Waals surface area (Å²) in [5, 5.41) is 3.07. The summed E-state index contributed by atoms with van der Waals surface area (Å²) >= 11 is 5.73. The average molecular weight is 226 g/mol. The van der Waals surface area contributed by atoms with Gasteiger partial charge in [0.2, 0.25) is 5.91 Å². The van der Waals surface area contributed by atoms with Crippen LogP contribution in [0.4, 0.5) is 5.82 Å². The second-order valence-corrected chi connectivity index (χ2v) is 3.42. The molecule has 1 rings (SSSR count). The Morgan fingerprint density at radius 2 is 2.53 bits per heavy atom. The van der Waals surface area contributed by atoms with E-state index in [1.54, 1.807) is 18.2 Å². The number of nitrogens with two attached hydrogens (primary N) is 1. The zero-order valence-electron chi connectivity index (χ0n) is 8.11. The first-order chi connectivity index (χ1) is 7.13. The highest BCUT2D eigenvalue weighted by molar-refractivity contribution is 6.30. The van der Waals surface area contributed by atoms with Crippen LogP contribution in [-0.4, -0.2) is 16.9 Å². The number of pyridine rings is 1. The summed E-state index contributed by atoms with van der Waals surface area (Å²) in [6, 6.07) is 2.57. The lowest BCUT2D eigenvalue weighted by Crippen LogP contribution is -2.35. The normalized spacial score (nSPS) is 11.9. The molecule has 0 aromatic carbocycles. The fourth-order valence-electron chi connectivity index (χ4n) is 0.979. The first kappa shape index (κ1) is 11.7. The van der Waals surface area contributed by atoms with Crippen molar-refractivity contribution in [2.24, 2.45) is 5.73 Å². The minimum atomic E-state index is -0.608. The van der Waals surface area contributed by atoms with E-state index >= 15 is 0 Å². The third-order valence-corrected chi connectivity index (χ3v) is 1.97. The van der Waals surface area contributed by atoms with Crippen molar-refractivity contribution in [3.63, 3.8) is 0 Å². The molecule has 0 bridgehead atoms. The maximum absolute atomic E-state index is 11.4. The number of nitrogens with zero attached hydrogens (tertiary/aromatic N) is 1. The van der Waals surface area contributed by atoms with Crippen molar-refractivity contribution < 1.29 is 4.79 Å². The summed E-state index contributed by atoms with van der Waals surface area (Å²) in [6.07, 6.45) is 3.53. The quantitative estimate of drug-likeness (QED) is 0.765. The first-order valence-corrected chi connectivity index (χ1v) is 4.80. The molecule has 0 aliphatic carbocycles. The van der Waals surface area contributed by atoms with Crippen LogP contribution in [0, 0.1) is 0 Å². The lowest BCUT2D eigenvalue weighted by molar-refractivity contribution is -0.117. The van der Waals surface area contributed by atoms with E-state index < -0.39 is 6.04 Å². The van der Waals surface area contributed by atoms with Crippen molar-refractivity contribution in [3.8, 4) is 0 Å². The molecule has 5 heteroatoms. The van der Waals surface area contributed by atoms with E-state index in [0.717, 1.165) is 0 Å². The van der Waals surface area contributed by atoms with E-state index in [0.29, 0.717) is 17.3 Å². The number of nitrogens with one attached hydrogen (secondary N) is 1. The van der Waals surface area contributed by atoms with Gasteiger partial charge in [-0.1, -0.05) is 17.7 Å². The van der Waals surface area contributed by atoms with E-state index in [2.05, 4.69) is 16.9 Å². The number of hydrogen-bond acceptors (Lipinski definition) is 3. The van der Waals surface area contributed by atoms with Gasteiger partial charge < -0.3 is 11.1 Å². The lowest BCUT2D eigenvalue weighted by atomic mass is 10.2. The van der Waals surface area contributed by atoms with Gasteiger partial charge in [0.25, 0.3) is 0 Å². The number of carbonyl (C=O) groups excluding carboxylic acids is 1. The molecule has 1 atom stereocenters. The largest absolute Gasteiger partial charge is 0.320 e. The number of aromatic nitrogens is 1. The van der Waals surface area contributed by atoms with Crippen LogP contribution in [-0.2, 0) is 4.79 Å². The van der Waals surface area contributed by atoms with Gasteiger partial charge in [-0.25, -0.2) is 4.98 Å². The van der Waals surface area contributed by atoms with Gasteiger partial charge in [-0.2, -0.15) is 0 Å². The highest BCUT2D eigenvalue weighted by Gasteiger charge is 2.11. The SMILES string of the molecule is C=CCC(N)C(=O)Nc1cc(Cl)ccn1. The second-order valence-electron chi connectivity index (χ2n) is 2.98. The van der Waals surface area contributed by atoms with Crippen LogP contribution >= 0.6 is 11.6 Å². The fourth-order valence-corrected chi connectivity index (χ4v) is 1.14. The van der Waals surface area contributed by atoms with E-state index in [1.165, 1.54) is 6.20 Å². The van der Waals surface area contributed by atoms with Gasteiger partial charge in [-0.15, -0.1) is 6.58 Å². The Labute approximate surface area is 93.1 Å². The van der Waals surface area contributed by atoms with Gasteiger partial charge in [0, 0.05) is 11.2 Å². The topological polar surface area (TPSA) is 68.0 Å². The highest BCUT2D eigenvalue weighted by atomic mass is 35.5. The van der Waals surface area contributed by atoms with Gasteiger partial charge in [0.1, 0.15) is 5.82 Å². The van der Waals surface area contributed by atoms with Crippen molar-refractivity contribution >= 4 is 23.3 Å². The molecule has 0 saturated carbocycles. The third-order valence-electron chi connectivity index (χ3n) is 1.73.